The summed E-state index contributed by atoms with van der Waals surface area (Å²) in [6, 6.07) is 8.03. The third-order valence-electron chi connectivity index (χ3n) is 2.83. The standard InChI is InChI=1S/C13H18N2O/c1-2-6-13(16)15-10-5-9-14-11-7-3-4-8-12(11)15/h3-4,7-8,14H,2,5-6,9-10H2,1H3. The number of fused-ring (bicyclic) bond motifs is 1. The maximum atomic E-state index is 12.0. The van der Waals surface area contributed by atoms with E-state index in [1.807, 2.05) is 36.1 Å². The molecule has 1 amide bonds. The van der Waals surface area contributed by atoms with Crippen molar-refractivity contribution < 1.29 is 4.79 Å². The van der Waals surface area contributed by atoms with E-state index >= 15 is 0 Å². The van der Waals surface area contributed by atoms with Crippen LogP contribution in [0.15, 0.2) is 24.3 Å². The van der Waals surface area contributed by atoms with Gasteiger partial charge in [0.1, 0.15) is 0 Å². The van der Waals surface area contributed by atoms with E-state index < -0.39 is 0 Å². The quantitative estimate of drug-likeness (QED) is 0.827. The fourth-order valence-electron chi connectivity index (χ4n) is 2.05. The molecule has 86 valence electrons. The zero-order chi connectivity index (χ0) is 11.4. The van der Waals surface area contributed by atoms with Crippen LogP contribution in [0.5, 0.6) is 0 Å². The normalized spacial score (nSPS) is 14.9. The summed E-state index contributed by atoms with van der Waals surface area (Å²) >= 11 is 0. The highest BCUT2D eigenvalue weighted by molar-refractivity contribution is 5.96. The fourth-order valence-corrected chi connectivity index (χ4v) is 2.05. The van der Waals surface area contributed by atoms with Crippen molar-refractivity contribution in [3.63, 3.8) is 0 Å². The Bertz CT molecular complexity index is 376. The van der Waals surface area contributed by atoms with Gasteiger partial charge in [0.15, 0.2) is 0 Å². The zero-order valence-electron chi connectivity index (χ0n) is 9.70. The van der Waals surface area contributed by atoms with E-state index in [2.05, 4.69) is 5.32 Å². The average Bonchev–Trinajstić information content (AvgIpc) is 2.51. The number of rotatable bonds is 2. The molecular weight excluding hydrogens is 200 g/mol. The molecular formula is C13H18N2O. The van der Waals surface area contributed by atoms with Gasteiger partial charge < -0.3 is 10.2 Å². The SMILES string of the molecule is CCCC(=O)N1CCCNc2ccccc21. The second-order valence-electron chi connectivity index (χ2n) is 4.09. The van der Waals surface area contributed by atoms with E-state index in [0.717, 1.165) is 37.3 Å². The highest BCUT2D eigenvalue weighted by Gasteiger charge is 2.19. The van der Waals surface area contributed by atoms with Crippen LogP contribution in [0.1, 0.15) is 26.2 Å². The Labute approximate surface area is 96.5 Å². The van der Waals surface area contributed by atoms with Crippen molar-refractivity contribution in [1.82, 2.24) is 0 Å². The minimum absolute atomic E-state index is 0.235. The summed E-state index contributed by atoms with van der Waals surface area (Å²) in [5.74, 6) is 0.235. The molecule has 0 atom stereocenters. The van der Waals surface area contributed by atoms with E-state index in [0.29, 0.717) is 6.42 Å². The number of nitrogens with one attached hydrogen (secondary N) is 1. The van der Waals surface area contributed by atoms with Crippen molar-refractivity contribution in [1.29, 1.82) is 0 Å². The maximum Gasteiger partial charge on any atom is 0.227 e. The molecule has 0 aliphatic carbocycles. The van der Waals surface area contributed by atoms with Gasteiger partial charge in [-0.15, -0.1) is 0 Å². The number of amides is 1. The summed E-state index contributed by atoms with van der Waals surface area (Å²) in [5, 5.41) is 3.36. The first-order valence-corrected chi connectivity index (χ1v) is 5.96. The van der Waals surface area contributed by atoms with Crippen LogP contribution >= 0.6 is 0 Å². The molecule has 3 nitrogen and oxygen atoms in total. The van der Waals surface area contributed by atoms with Crippen LogP contribution in [0.2, 0.25) is 0 Å². The van der Waals surface area contributed by atoms with E-state index in [1.165, 1.54) is 0 Å². The summed E-state index contributed by atoms with van der Waals surface area (Å²) in [5.41, 5.74) is 2.10. The third kappa shape index (κ3) is 2.18. The minimum atomic E-state index is 0.235. The number of anilines is 2. The molecule has 0 spiro atoms. The molecule has 1 aromatic carbocycles. The Balaban J connectivity index is 2.28. The second kappa shape index (κ2) is 5.01. The Kier molecular flexibility index (Phi) is 3.44. The van der Waals surface area contributed by atoms with Gasteiger partial charge in [0.25, 0.3) is 0 Å². The number of hydrogen-bond donors (Lipinski definition) is 1. The monoisotopic (exact) mass is 218 g/mol. The number of carbonyl (C=O) groups is 1. The zero-order valence-corrected chi connectivity index (χ0v) is 9.70. The van der Waals surface area contributed by atoms with Crippen LogP contribution < -0.4 is 10.2 Å². The van der Waals surface area contributed by atoms with Gasteiger partial charge in [-0.25, -0.2) is 0 Å². The highest BCUT2D eigenvalue weighted by atomic mass is 16.2. The topological polar surface area (TPSA) is 32.3 Å². The van der Waals surface area contributed by atoms with Crippen molar-refractivity contribution in [3.05, 3.63) is 24.3 Å². The van der Waals surface area contributed by atoms with Gasteiger partial charge in [0.05, 0.1) is 11.4 Å². The predicted octanol–water partition coefficient (Wildman–Crippen LogP) is 2.64. The van der Waals surface area contributed by atoms with Gasteiger partial charge >= 0.3 is 0 Å². The van der Waals surface area contributed by atoms with Crippen molar-refractivity contribution in [3.8, 4) is 0 Å². The largest absolute Gasteiger partial charge is 0.383 e. The molecule has 16 heavy (non-hydrogen) atoms. The molecule has 0 unspecified atom stereocenters. The molecule has 1 heterocycles. The lowest BCUT2D eigenvalue weighted by Crippen LogP contribution is -2.31. The Morgan fingerprint density at radius 1 is 1.44 bits per heavy atom. The molecule has 0 fully saturated rings. The van der Waals surface area contributed by atoms with Crippen molar-refractivity contribution >= 4 is 17.3 Å². The first-order valence-electron chi connectivity index (χ1n) is 5.96. The number of benzene rings is 1. The van der Waals surface area contributed by atoms with Crippen molar-refractivity contribution in [2.24, 2.45) is 0 Å². The third-order valence-corrected chi connectivity index (χ3v) is 2.83. The lowest BCUT2D eigenvalue weighted by molar-refractivity contribution is -0.118. The molecule has 3 heteroatoms. The number of hydrogen-bond acceptors (Lipinski definition) is 2. The molecule has 0 aromatic heterocycles. The molecule has 0 bridgehead atoms. The summed E-state index contributed by atoms with van der Waals surface area (Å²) in [4.78, 5) is 13.9. The van der Waals surface area contributed by atoms with Gasteiger partial charge in [-0.1, -0.05) is 19.1 Å². The number of nitrogens with zero attached hydrogens (tertiary/aromatic N) is 1. The Hall–Kier alpha value is -1.51. The number of para-hydroxylation sites is 2. The van der Waals surface area contributed by atoms with Crippen LogP contribution in [0.4, 0.5) is 11.4 Å². The van der Waals surface area contributed by atoms with E-state index in [4.69, 9.17) is 0 Å². The van der Waals surface area contributed by atoms with Gasteiger partial charge in [-0.2, -0.15) is 0 Å². The molecule has 1 aliphatic rings. The average molecular weight is 218 g/mol. The molecule has 0 radical (unpaired) electrons. The van der Waals surface area contributed by atoms with Gasteiger partial charge in [0.2, 0.25) is 5.91 Å². The summed E-state index contributed by atoms with van der Waals surface area (Å²) in [6.07, 6.45) is 2.55. The lowest BCUT2D eigenvalue weighted by atomic mass is 10.2. The van der Waals surface area contributed by atoms with Crippen LogP contribution in [-0.2, 0) is 4.79 Å². The Morgan fingerprint density at radius 2 is 2.25 bits per heavy atom. The van der Waals surface area contributed by atoms with E-state index in [-0.39, 0.29) is 5.91 Å². The van der Waals surface area contributed by atoms with E-state index in [1.54, 1.807) is 0 Å². The molecule has 1 N–H and O–H groups in total. The highest BCUT2D eigenvalue weighted by Crippen LogP contribution is 2.28. The van der Waals surface area contributed by atoms with Crippen LogP contribution in [-0.4, -0.2) is 19.0 Å². The van der Waals surface area contributed by atoms with Gasteiger partial charge in [0, 0.05) is 19.5 Å². The summed E-state index contributed by atoms with van der Waals surface area (Å²) in [7, 11) is 0. The van der Waals surface area contributed by atoms with Gasteiger partial charge in [-0.05, 0) is 25.0 Å². The molecule has 0 saturated carbocycles. The minimum Gasteiger partial charge on any atom is -0.383 e. The van der Waals surface area contributed by atoms with Gasteiger partial charge in [-0.3, -0.25) is 4.79 Å². The summed E-state index contributed by atoms with van der Waals surface area (Å²) < 4.78 is 0. The smallest absolute Gasteiger partial charge is 0.227 e. The molecule has 0 saturated heterocycles. The lowest BCUT2D eigenvalue weighted by Gasteiger charge is -2.22. The van der Waals surface area contributed by atoms with Crippen LogP contribution in [0, 0.1) is 0 Å². The second-order valence-corrected chi connectivity index (χ2v) is 4.09. The van der Waals surface area contributed by atoms with Crippen molar-refractivity contribution in [2.45, 2.75) is 26.2 Å². The Morgan fingerprint density at radius 3 is 3.06 bits per heavy atom. The summed E-state index contributed by atoms with van der Waals surface area (Å²) in [6.45, 7) is 3.80. The predicted molar refractivity (Wildman–Crippen MR) is 66.8 cm³/mol. The number of carbonyl (C=O) groups excluding carboxylic acids is 1. The van der Waals surface area contributed by atoms with E-state index in [9.17, 15) is 4.79 Å². The maximum absolute atomic E-state index is 12.0. The molecule has 1 aliphatic heterocycles. The van der Waals surface area contributed by atoms with Crippen LogP contribution in [0.3, 0.4) is 0 Å². The first-order chi connectivity index (χ1) is 7.83. The molecule has 1 aromatic rings. The van der Waals surface area contributed by atoms with Crippen LogP contribution in [0.25, 0.3) is 0 Å². The molecule has 2 rings (SSSR count). The fraction of sp³-hybridized carbons (Fsp3) is 0.462. The first kappa shape index (κ1) is 11.0. The van der Waals surface area contributed by atoms with Crippen molar-refractivity contribution in [2.75, 3.05) is 23.3 Å².